The highest BCUT2D eigenvalue weighted by Crippen LogP contribution is 2.31. The van der Waals surface area contributed by atoms with Gasteiger partial charge in [0.05, 0.1) is 18.3 Å². The minimum atomic E-state index is -0.625. The molecule has 0 bridgehead atoms. The van der Waals surface area contributed by atoms with Crippen molar-refractivity contribution >= 4 is 11.7 Å². The van der Waals surface area contributed by atoms with E-state index in [1.165, 1.54) is 0 Å². The molecular weight excluding hydrogens is 330 g/mol. The van der Waals surface area contributed by atoms with Gasteiger partial charge in [-0.2, -0.15) is 0 Å². The van der Waals surface area contributed by atoms with Crippen molar-refractivity contribution in [3.8, 4) is 11.5 Å². The van der Waals surface area contributed by atoms with Crippen molar-refractivity contribution in [1.29, 1.82) is 0 Å². The second kappa shape index (κ2) is 6.65. The van der Waals surface area contributed by atoms with Gasteiger partial charge in [0.1, 0.15) is 5.76 Å². The number of aliphatic hydroxyl groups is 1. The highest BCUT2D eigenvalue weighted by atomic mass is 16.4. The summed E-state index contributed by atoms with van der Waals surface area (Å²) < 4.78 is 5.52. The zero-order chi connectivity index (χ0) is 18.1. The third-order valence-electron chi connectivity index (χ3n) is 4.48. The molecular formula is C20H19N3O3. The van der Waals surface area contributed by atoms with Gasteiger partial charge in [-0.25, -0.2) is 9.78 Å². The summed E-state index contributed by atoms with van der Waals surface area (Å²) in [5.74, 6) is 1.23. The first-order valence-corrected chi connectivity index (χ1v) is 8.46. The molecule has 0 saturated heterocycles. The predicted octanol–water partition coefficient (Wildman–Crippen LogP) is 3.43. The molecule has 2 aromatic carbocycles. The Morgan fingerprint density at radius 1 is 1.23 bits per heavy atom. The molecule has 0 saturated carbocycles. The van der Waals surface area contributed by atoms with Crippen LogP contribution in [0, 0.1) is 6.92 Å². The van der Waals surface area contributed by atoms with Crippen molar-refractivity contribution in [2.75, 3.05) is 5.32 Å². The number of nitrogens with one attached hydrogen (secondary N) is 2. The number of urea groups is 1. The van der Waals surface area contributed by atoms with Crippen molar-refractivity contribution in [3.05, 3.63) is 71.6 Å². The largest absolute Gasteiger partial charge is 0.441 e. The van der Waals surface area contributed by atoms with Crippen LogP contribution in [0.15, 0.2) is 59.1 Å². The number of amides is 2. The van der Waals surface area contributed by atoms with Crippen LogP contribution in [-0.4, -0.2) is 22.2 Å². The van der Waals surface area contributed by atoms with E-state index in [-0.39, 0.29) is 6.03 Å². The molecule has 1 aliphatic carbocycles. The summed E-state index contributed by atoms with van der Waals surface area (Å²) in [5, 5.41) is 15.9. The molecule has 3 aromatic rings. The standard InChI is InChI=1S/C20H19N3O3/c1-12-11-21-19(26-12)14-6-4-7-15(9-14)22-20(25)23-18-16-8-3-2-5-13(16)10-17(18)24/h2-9,11,17-18,24H,10H2,1H3,(H2,22,23,25)/t17-,18+/m1/s1. The number of nitrogens with zero attached hydrogens (tertiary/aromatic N) is 1. The van der Waals surface area contributed by atoms with Crippen LogP contribution in [0.3, 0.4) is 0 Å². The minimum absolute atomic E-state index is 0.369. The van der Waals surface area contributed by atoms with E-state index in [2.05, 4.69) is 15.6 Å². The third kappa shape index (κ3) is 3.19. The minimum Gasteiger partial charge on any atom is -0.441 e. The van der Waals surface area contributed by atoms with E-state index < -0.39 is 12.1 Å². The molecule has 0 radical (unpaired) electrons. The quantitative estimate of drug-likeness (QED) is 0.676. The van der Waals surface area contributed by atoms with Crippen LogP contribution in [0.2, 0.25) is 0 Å². The smallest absolute Gasteiger partial charge is 0.319 e. The maximum absolute atomic E-state index is 12.4. The number of aliphatic hydroxyl groups excluding tert-OH is 1. The van der Waals surface area contributed by atoms with Gasteiger partial charge < -0.3 is 20.2 Å². The SMILES string of the molecule is Cc1cnc(-c2cccc(NC(=O)N[C@H]3c4ccccc4C[C@H]3O)c2)o1. The average Bonchev–Trinajstić information content (AvgIpc) is 3.19. The number of anilines is 1. The van der Waals surface area contributed by atoms with Crippen molar-refractivity contribution in [1.82, 2.24) is 10.3 Å². The lowest BCUT2D eigenvalue weighted by molar-refractivity contribution is 0.144. The summed E-state index contributed by atoms with van der Waals surface area (Å²) in [6.45, 7) is 1.83. The molecule has 4 rings (SSSR count). The first-order chi connectivity index (χ1) is 12.6. The van der Waals surface area contributed by atoms with E-state index in [0.29, 0.717) is 18.0 Å². The Morgan fingerprint density at radius 3 is 2.88 bits per heavy atom. The molecule has 0 spiro atoms. The third-order valence-corrected chi connectivity index (χ3v) is 4.48. The molecule has 132 valence electrons. The van der Waals surface area contributed by atoms with Gasteiger partial charge in [-0.1, -0.05) is 30.3 Å². The number of aryl methyl sites for hydroxylation is 1. The van der Waals surface area contributed by atoms with Crippen LogP contribution in [-0.2, 0) is 6.42 Å². The number of oxazole rings is 1. The maximum Gasteiger partial charge on any atom is 0.319 e. The number of carbonyl (C=O) groups is 1. The highest BCUT2D eigenvalue weighted by molar-refractivity contribution is 5.90. The Kier molecular flexibility index (Phi) is 4.18. The number of hydrogen-bond acceptors (Lipinski definition) is 4. The molecule has 2 atom stereocenters. The summed E-state index contributed by atoms with van der Waals surface area (Å²) in [7, 11) is 0. The van der Waals surface area contributed by atoms with Gasteiger partial charge in [0.25, 0.3) is 0 Å². The van der Waals surface area contributed by atoms with E-state index in [1.807, 2.05) is 43.3 Å². The lowest BCUT2D eigenvalue weighted by Gasteiger charge is -2.18. The van der Waals surface area contributed by atoms with E-state index in [9.17, 15) is 9.90 Å². The van der Waals surface area contributed by atoms with Gasteiger partial charge >= 0.3 is 6.03 Å². The molecule has 1 aromatic heterocycles. The number of hydrogen-bond donors (Lipinski definition) is 3. The summed E-state index contributed by atoms with van der Waals surface area (Å²) in [6, 6.07) is 14.2. The Hall–Kier alpha value is -3.12. The van der Waals surface area contributed by atoms with Gasteiger partial charge in [0, 0.05) is 17.7 Å². The Bertz CT molecular complexity index is 951. The van der Waals surface area contributed by atoms with Gasteiger partial charge in [0.2, 0.25) is 5.89 Å². The summed E-state index contributed by atoms with van der Waals surface area (Å²) in [6.07, 6.45) is 1.57. The first kappa shape index (κ1) is 16.4. The second-order valence-corrected chi connectivity index (χ2v) is 6.40. The van der Waals surface area contributed by atoms with Crippen molar-refractivity contribution in [2.24, 2.45) is 0 Å². The number of fused-ring (bicyclic) bond motifs is 1. The van der Waals surface area contributed by atoms with Crippen LogP contribution in [0.25, 0.3) is 11.5 Å². The molecule has 2 amide bonds. The molecule has 6 nitrogen and oxygen atoms in total. The molecule has 3 N–H and O–H groups in total. The lowest BCUT2D eigenvalue weighted by Crippen LogP contribution is -2.36. The normalized spacial score (nSPS) is 18.4. The van der Waals surface area contributed by atoms with Gasteiger partial charge in [-0.3, -0.25) is 0 Å². The van der Waals surface area contributed by atoms with Crippen molar-refractivity contribution in [3.63, 3.8) is 0 Å². The molecule has 6 heteroatoms. The number of aromatic nitrogens is 1. The Morgan fingerprint density at radius 2 is 2.08 bits per heavy atom. The van der Waals surface area contributed by atoms with E-state index >= 15 is 0 Å². The predicted molar refractivity (Wildman–Crippen MR) is 97.7 cm³/mol. The van der Waals surface area contributed by atoms with E-state index in [1.54, 1.807) is 18.3 Å². The van der Waals surface area contributed by atoms with Gasteiger partial charge in [-0.15, -0.1) is 0 Å². The highest BCUT2D eigenvalue weighted by Gasteiger charge is 2.31. The molecule has 1 heterocycles. The number of benzene rings is 2. The topological polar surface area (TPSA) is 87.4 Å². The molecule has 0 aliphatic heterocycles. The van der Waals surface area contributed by atoms with Crippen LogP contribution in [0.4, 0.5) is 10.5 Å². The molecule has 1 aliphatic rings. The Balaban J connectivity index is 1.47. The number of rotatable bonds is 3. The average molecular weight is 349 g/mol. The van der Waals surface area contributed by atoms with Crippen molar-refractivity contribution < 1.29 is 14.3 Å². The van der Waals surface area contributed by atoms with Crippen LogP contribution in [0.1, 0.15) is 22.9 Å². The fourth-order valence-corrected chi connectivity index (χ4v) is 3.27. The van der Waals surface area contributed by atoms with Gasteiger partial charge in [0.15, 0.2) is 0 Å². The molecule has 0 fully saturated rings. The summed E-state index contributed by atoms with van der Waals surface area (Å²) in [4.78, 5) is 16.6. The van der Waals surface area contributed by atoms with E-state index in [0.717, 1.165) is 22.5 Å². The first-order valence-electron chi connectivity index (χ1n) is 8.46. The Labute approximate surface area is 150 Å². The van der Waals surface area contributed by atoms with Crippen LogP contribution >= 0.6 is 0 Å². The zero-order valence-corrected chi connectivity index (χ0v) is 14.3. The number of carbonyl (C=O) groups excluding carboxylic acids is 1. The monoisotopic (exact) mass is 349 g/mol. The lowest BCUT2D eigenvalue weighted by atomic mass is 10.1. The molecule has 26 heavy (non-hydrogen) atoms. The fraction of sp³-hybridized carbons (Fsp3) is 0.200. The van der Waals surface area contributed by atoms with Crippen LogP contribution < -0.4 is 10.6 Å². The van der Waals surface area contributed by atoms with Gasteiger partial charge in [-0.05, 0) is 36.2 Å². The van der Waals surface area contributed by atoms with Crippen LogP contribution in [0.5, 0.6) is 0 Å². The molecule has 0 unspecified atom stereocenters. The fourth-order valence-electron chi connectivity index (χ4n) is 3.27. The maximum atomic E-state index is 12.4. The van der Waals surface area contributed by atoms with E-state index in [4.69, 9.17) is 4.42 Å². The second-order valence-electron chi connectivity index (χ2n) is 6.40. The summed E-state index contributed by atoms with van der Waals surface area (Å²) in [5.41, 5.74) is 3.42. The zero-order valence-electron chi connectivity index (χ0n) is 14.3. The van der Waals surface area contributed by atoms with Crippen molar-refractivity contribution in [2.45, 2.75) is 25.5 Å². The summed E-state index contributed by atoms with van der Waals surface area (Å²) >= 11 is 0.